The molecule has 6 heteroatoms. The van der Waals surface area contributed by atoms with Crippen molar-refractivity contribution < 1.29 is 13.2 Å². The van der Waals surface area contributed by atoms with Gasteiger partial charge in [0.1, 0.15) is 6.54 Å². The number of anilines is 1. The van der Waals surface area contributed by atoms with E-state index in [1.807, 2.05) is 32.9 Å². The molecule has 5 nitrogen and oxygen atoms in total. The summed E-state index contributed by atoms with van der Waals surface area (Å²) in [5.41, 5.74) is 1.41. The second-order valence-corrected chi connectivity index (χ2v) is 7.89. The summed E-state index contributed by atoms with van der Waals surface area (Å²) < 4.78 is 27.5. The van der Waals surface area contributed by atoms with Gasteiger partial charge in [-0.15, -0.1) is 0 Å². The average molecular weight is 360 g/mol. The van der Waals surface area contributed by atoms with E-state index in [9.17, 15) is 13.2 Å². The van der Waals surface area contributed by atoms with Gasteiger partial charge in [-0.25, -0.2) is 8.42 Å². The quantitative estimate of drug-likeness (QED) is 0.825. The van der Waals surface area contributed by atoms with Gasteiger partial charge in [0.15, 0.2) is 0 Å². The molecule has 0 saturated heterocycles. The van der Waals surface area contributed by atoms with Crippen LogP contribution in [0.1, 0.15) is 26.3 Å². The van der Waals surface area contributed by atoms with Crippen LogP contribution in [0, 0.1) is 0 Å². The van der Waals surface area contributed by atoms with Gasteiger partial charge >= 0.3 is 0 Å². The third-order valence-electron chi connectivity index (χ3n) is 3.71. The lowest BCUT2D eigenvalue weighted by Crippen LogP contribution is -2.43. The number of hydrogen-bond donors (Lipinski definition) is 1. The number of carbonyl (C=O) groups excluding carboxylic acids is 1. The molecule has 2 aromatic rings. The minimum atomic E-state index is -3.85. The summed E-state index contributed by atoms with van der Waals surface area (Å²) in [5.74, 6) is -0.333. The van der Waals surface area contributed by atoms with Crippen LogP contribution >= 0.6 is 0 Å². The van der Waals surface area contributed by atoms with Crippen LogP contribution in [0.25, 0.3) is 0 Å². The Balaban J connectivity index is 2.51. The first-order chi connectivity index (χ1) is 11.9. The highest BCUT2D eigenvalue weighted by Gasteiger charge is 2.28. The number of aryl methyl sites for hydroxylation is 1. The Morgan fingerprint density at radius 2 is 1.64 bits per heavy atom. The zero-order valence-corrected chi connectivity index (χ0v) is 15.6. The number of para-hydroxylation sites is 1. The molecule has 0 bridgehead atoms. The number of sulfonamides is 1. The fraction of sp³-hybridized carbons (Fsp3) is 0.316. The molecule has 0 aromatic heterocycles. The molecule has 2 rings (SSSR count). The molecular formula is C19H24N2O3S. The van der Waals surface area contributed by atoms with Crippen molar-refractivity contribution in [1.82, 2.24) is 5.32 Å². The predicted molar refractivity (Wildman–Crippen MR) is 100 cm³/mol. The highest BCUT2D eigenvalue weighted by atomic mass is 32.2. The van der Waals surface area contributed by atoms with Crippen LogP contribution in [0.3, 0.4) is 0 Å². The number of benzene rings is 2. The Hall–Kier alpha value is -2.34. The summed E-state index contributed by atoms with van der Waals surface area (Å²) in [6.45, 7) is 5.38. The lowest BCUT2D eigenvalue weighted by atomic mass is 10.1. The van der Waals surface area contributed by atoms with Crippen LogP contribution in [0.15, 0.2) is 59.5 Å². The molecule has 134 valence electrons. The molecule has 0 heterocycles. The van der Waals surface area contributed by atoms with Crippen molar-refractivity contribution in [1.29, 1.82) is 0 Å². The van der Waals surface area contributed by atoms with E-state index in [-0.39, 0.29) is 23.4 Å². The van der Waals surface area contributed by atoms with Crippen molar-refractivity contribution in [3.63, 3.8) is 0 Å². The number of nitrogens with one attached hydrogen (secondary N) is 1. The fourth-order valence-electron chi connectivity index (χ4n) is 2.57. The van der Waals surface area contributed by atoms with Crippen LogP contribution in [0.5, 0.6) is 0 Å². The van der Waals surface area contributed by atoms with Gasteiger partial charge < -0.3 is 5.32 Å². The summed E-state index contributed by atoms with van der Waals surface area (Å²) in [4.78, 5) is 12.5. The molecule has 0 atom stereocenters. The maximum absolute atomic E-state index is 13.2. The monoisotopic (exact) mass is 360 g/mol. The Kier molecular flexibility index (Phi) is 6.20. The van der Waals surface area contributed by atoms with Gasteiger partial charge in [0, 0.05) is 6.04 Å². The van der Waals surface area contributed by atoms with E-state index in [0.717, 1.165) is 5.56 Å². The van der Waals surface area contributed by atoms with E-state index < -0.39 is 10.0 Å². The molecule has 25 heavy (non-hydrogen) atoms. The normalized spacial score (nSPS) is 11.4. The lowest BCUT2D eigenvalue weighted by molar-refractivity contribution is -0.120. The molecule has 0 spiro atoms. The van der Waals surface area contributed by atoms with E-state index in [0.29, 0.717) is 12.1 Å². The predicted octanol–water partition coefficient (Wildman–Crippen LogP) is 2.97. The zero-order chi connectivity index (χ0) is 18.4. The van der Waals surface area contributed by atoms with Crippen molar-refractivity contribution in [2.75, 3.05) is 10.8 Å². The number of nitrogens with zero attached hydrogens (tertiary/aromatic N) is 1. The van der Waals surface area contributed by atoms with Crippen LogP contribution < -0.4 is 9.62 Å². The summed E-state index contributed by atoms with van der Waals surface area (Å²) >= 11 is 0. The van der Waals surface area contributed by atoms with Gasteiger partial charge in [-0.3, -0.25) is 9.10 Å². The maximum Gasteiger partial charge on any atom is 0.264 e. The van der Waals surface area contributed by atoms with Crippen molar-refractivity contribution >= 4 is 21.6 Å². The summed E-state index contributed by atoms with van der Waals surface area (Å²) in [6, 6.07) is 15.4. The molecule has 0 aliphatic carbocycles. The second-order valence-electron chi connectivity index (χ2n) is 6.03. The molecule has 0 aliphatic heterocycles. The zero-order valence-electron chi connectivity index (χ0n) is 14.8. The van der Waals surface area contributed by atoms with Crippen LogP contribution in [-0.4, -0.2) is 26.9 Å². The van der Waals surface area contributed by atoms with Crippen molar-refractivity contribution in [2.45, 2.75) is 38.1 Å². The minimum Gasteiger partial charge on any atom is -0.352 e. The highest BCUT2D eigenvalue weighted by Crippen LogP contribution is 2.27. The lowest BCUT2D eigenvalue weighted by Gasteiger charge is -2.26. The first-order valence-corrected chi connectivity index (χ1v) is 9.75. The van der Waals surface area contributed by atoms with Gasteiger partial charge in [-0.1, -0.05) is 43.3 Å². The standard InChI is InChI=1S/C19H24N2O3S/c1-4-16-10-8-9-13-18(16)21(14-19(22)20-15(2)3)25(23,24)17-11-6-5-7-12-17/h5-13,15H,4,14H2,1-3H3,(H,20,22). The molecule has 2 aromatic carbocycles. The molecule has 0 unspecified atom stereocenters. The van der Waals surface area contributed by atoms with Gasteiger partial charge in [0.2, 0.25) is 5.91 Å². The number of rotatable bonds is 7. The Morgan fingerprint density at radius 1 is 1.04 bits per heavy atom. The second kappa shape index (κ2) is 8.16. The van der Waals surface area contributed by atoms with Crippen LogP contribution in [0.4, 0.5) is 5.69 Å². The molecule has 1 amide bonds. The number of carbonyl (C=O) groups is 1. The first kappa shape index (κ1) is 19.0. The first-order valence-electron chi connectivity index (χ1n) is 8.31. The number of amides is 1. The minimum absolute atomic E-state index is 0.0600. The Bertz CT molecular complexity index is 818. The SMILES string of the molecule is CCc1ccccc1N(CC(=O)NC(C)C)S(=O)(=O)c1ccccc1. The number of hydrogen-bond acceptors (Lipinski definition) is 3. The smallest absolute Gasteiger partial charge is 0.264 e. The van der Waals surface area contributed by atoms with Crippen molar-refractivity contribution in [3.05, 3.63) is 60.2 Å². The largest absolute Gasteiger partial charge is 0.352 e. The van der Waals surface area contributed by atoms with Crippen molar-refractivity contribution in [3.8, 4) is 0 Å². The molecule has 0 fully saturated rings. The maximum atomic E-state index is 13.2. The molecule has 0 aliphatic rings. The summed E-state index contributed by atoms with van der Waals surface area (Å²) in [5, 5.41) is 2.76. The van der Waals surface area contributed by atoms with E-state index in [1.165, 1.54) is 16.4 Å². The van der Waals surface area contributed by atoms with Crippen LogP contribution in [0.2, 0.25) is 0 Å². The van der Waals surface area contributed by atoms with Crippen LogP contribution in [-0.2, 0) is 21.2 Å². The highest BCUT2D eigenvalue weighted by molar-refractivity contribution is 7.92. The van der Waals surface area contributed by atoms with E-state index in [4.69, 9.17) is 0 Å². The average Bonchev–Trinajstić information content (AvgIpc) is 2.59. The van der Waals surface area contributed by atoms with Gasteiger partial charge in [0.25, 0.3) is 10.0 Å². The van der Waals surface area contributed by atoms with E-state index in [2.05, 4.69) is 5.32 Å². The van der Waals surface area contributed by atoms with Crippen molar-refractivity contribution in [2.24, 2.45) is 0 Å². The third kappa shape index (κ3) is 4.60. The topological polar surface area (TPSA) is 66.5 Å². The molecule has 1 N–H and O–H groups in total. The molecule has 0 radical (unpaired) electrons. The Labute approximate surface area is 149 Å². The Morgan fingerprint density at radius 3 is 2.24 bits per heavy atom. The van der Waals surface area contributed by atoms with Gasteiger partial charge in [-0.05, 0) is 44.0 Å². The molecular weight excluding hydrogens is 336 g/mol. The summed E-state index contributed by atoms with van der Waals surface area (Å²) in [7, 11) is -3.85. The summed E-state index contributed by atoms with van der Waals surface area (Å²) in [6.07, 6.45) is 0.669. The van der Waals surface area contributed by atoms with E-state index >= 15 is 0 Å². The van der Waals surface area contributed by atoms with Gasteiger partial charge in [-0.2, -0.15) is 0 Å². The van der Waals surface area contributed by atoms with Gasteiger partial charge in [0.05, 0.1) is 10.6 Å². The molecule has 0 saturated carbocycles. The van der Waals surface area contributed by atoms with E-state index in [1.54, 1.807) is 30.3 Å². The third-order valence-corrected chi connectivity index (χ3v) is 5.48. The fourth-order valence-corrected chi connectivity index (χ4v) is 4.05.